The number of ether oxygens (including phenoxy) is 1. The number of benzene rings is 1. The monoisotopic (exact) mass is 543 g/mol. The Balaban J connectivity index is 1.48. The number of aliphatic hydroxyl groups is 2. The molecule has 2 aliphatic heterocycles. The smallest absolute Gasteiger partial charge is 0.416 e. The van der Waals surface area contributed by atoms with Gasteiger partial charge in [-0.05, 0) is 49.6 Å². The standard InChI is InChI=1S/C27H28F3N5O4/c1-16-11-21-25(33-24(16)17-5-2-6-18(12-17)27(28,29)30)35(19-7-4-10-34(21)13-19)26(38)32-22-8-3-9-23(31-22)39-15-20(37)14-36/h2-3,5-6,8-9,11-12,19-20,36-37H,4,7,10,13-15H2,1H3,(H,31,32,38)/t19-,20+/m0/s1. The van der Waals surface area contributed by atoms with Crippen molar-refractivity contribution in [3.63, 3.8) is 0 Å². The van der Waals surface area contributed by atoms with Gasteiger partial charge in [0, 0.05) is 24.7 Å². The van der Waals surface area contributed by atoms with Crippen molar-refractivity contribution in [2.24, 2.45) is 0 Å². The SMILES string of the molecule is Cc1cc2c(nc1-c1cccc(C(F)(F)F)c1)N(C(=O)Nc1cccc(OC[C@H](O)CO)n1)[C@H]1CCCN2C1. The highest BCUT2D eigenvalue weighted by atomic mass is 19.4. The topological polar surface area (TPSA) is 111 Å². The van der Waals surface area contributed by atoms with Crippen molar-refractivity contribution in [3.05, 3.63) is 59.7 Å². The highest BCUT2D eigenvalue weighted by molar-refractivity contribution is 6.04. The van der Waals surface area contributed by atoms with Crippen molar-refractivity contribution >= 4 is 23.4 Å². The number of hydrogen-bond acceptors (Lipinski definition) is 7. The number of aryl methyl sites for hydroxylation is 1. The molecule has 39 heavy (non-hydrogen) atoms. The summed E-state index contributed by atoms with van der Waals surface area (Å²) in [7, 11) is 0. The highest BCUT2D eigenvalue weighted by Gasteiger charge is 2.39. The molecule has 2 atom stereocenters. The Hall–Kier alpha value is -3.90. The fourth-order valence-electron chi connectivity index (χ4n) is 4.92. The predicted molar refractivity (Wildman–Crippen MR) is 139 cm³/mol. The summed E-state index contributed by atoms with van der Waals surface area (Å²) in [6.07, 6.45) is -3.94. The van der Waals surface area contributed by atoms with E-state index in [1.807, 2.05) is 6.07 Å². The maximum atomic E-state index is 13.6. The first-order chi connectivity index (χ1) is 18.6. The second-order valence-corrected chi connectivity index (χ2v) is 9.63. The molecule has 2 bridgehead atoms. The second-order valence-electron chi connectivity index (χ2n) is 9.63. The number of piperidine rings is 1. The molecule has 1 saturated heterocycles. The molecule has 2 aromatic heterocycles. The third kappa shape index (κ3) is 5.62. The number of alkyl halides is 3. The van der Waals surface area contributed by atoms with Crippen molar-refractivity contribution in [2.45, 2.75) is 38.1 Å². The number of rotatable bonds is 6. The molecule has 9 nitrogen and oxygen atoms in total. The first kappa shape index (κ1) is 26.7. The van der Waals surface area contributed by atoms with Crippen LogP contribution >= 0.6 is 0 Å². The number of carbonyl (C=O) groups excluding carboxylic acids is 1. The minimum Gasteiger partial charge on any atom is -0.475 e. The molecule has 0 spiro atoms. The zero-order chi connectivity index (χ0) is 27.7. The molecule has 4 heterocycles. The maximum Gasteiger partial charge on any atom is 0.416 e. The van der Waals surface area contributed by atoms with Gasteiger partial charge in [0.25, 0.3) is 0 Å². The number of urea groups is 1. The molecule has 0 saturated carbocycles. The fraction of sp³-hybridized carbons (Fsp3) is 0.370. The molecular formula is C27H28F3N5O4. The van der Waals surface area contributed by atoms with Gasteiger partial charge in [-0.1, -0.05) is 18.2 Å². The van der Waals surface area contributed by atoms with Gasteiger partial charge in [-0.3, -0.25) is 10.2 Å². The summed E-state index contributed by atoms with van der Waals surface area (Å²) in [5, 5.41) is 21.3. The van der Waals surface area contributed by atoms with Crippen LogP contribution in [-0.4, -0.2) is 64.7 Å². The van der Waals surface area contributed by atoms with E-state index in [-0.39, 0.29) is 24.3 Å². The van der Waals surface area contributed by atoms with E-state index in [4.69, 9.17) is 14.8 Å². The maximum absolute atomic E-state index is 13.6. The normalized spacial score (nSPS) is 17.4. The lowest BCUT2D eigenvalue weighted by atomic mass is 9.97. The van der Waals surface area contributed by atoms with Crippen LogP contribution in [0.1, 0.15) is 24.0 Å². The molecule has 2 amide bonds. The summed E-state index contributed by atoms with van der Waals surface area (Å²) < 4.78 is 45.6. The Labute approximate surface area is 222 Å². The van der Waals surface area contributed by atoms with Gasteiger partial charge in [0.15, 0.2) is 5.82 Å². The van der Waals surface area contributed by atoms with E-state index in [0.29, 0.717) is 29.2 Å². The Bertz CT molecular complexity index is 1370. The molecule has 5 rings (SSSR count). The number of nitrogens with zero attached hydrogens (tertiary/aromatic N) is 4. The van der Waals surface area contributed by atoms with Crippen molar-refractivity contribution in [2.75, 3.05) is 41.4 Å². The molecule has 1 fully saturated rings. The number of aliphatic hydroxyl groups excluding tert-OH is 2. The lowest BCUT2D eigenvalue weighted by Gasteiger charge is -2.46. The molecule has 3 N–H and O–H groups in total. The average molecular weight is 544 g/mol. The van der Waals surface area contributed by atoms with Crippen molar-refractivity contribution < 1.29 is 32.9 Å². The summed E-state index contributed by atoms with van der Waals surface area (Å²) in [5.41, 5.74) is 1.36. The first-order valence-corrected chi connectivity index (χ1v) is 12.6. The van der Waals surface area contributed by atoms with E-state index in [1.165, 1.54) is 6.07 Å². The van der Waals surface area contributed by atoms with Crippen molar-refractivity contribution in [1.29, 1.82) is 0 Å². The highest BCUT2D eigenvalue weighted by Crippen LogP contribution is 2.41. The fourth-order valence-corrected chi connectivity index (χ4v) is 4.92. The number of anilines is 3. The Morgan fingerprint density at radius 3 is 2.77 bits per heavy atom. The average Bonchev–Trinajstić information content (AvgIpc) is 2.92. The van der Waals surface area contributed by atoms with Gasteiger partial charge in [0.1, 0.15) is 18.5 Å². The van der Waals surface area contributed by atoms with Crippen molar-refractivity contribution in [3.8, 4) is 17.1 Å². The lowest BCUT2D eigenvalue weighted by Crippen LogP contribution is -2.56. The molecule has 0 unspecified atom stereocenters. The third-order valence-corrected chi connectivity index (χ3v) is 6.78. The van der Waals surface area contributed by atoms with Gasteiger partial charge in [-0.2, -0.15) is 18.2 Å². The quantitative estimate of drug-likeness (QED) is 0.427. The summed E-state index contributed by atoms with van der Waals surface area (Å²) in [6, 6.07) is 11.0. The van der Waals surface area contributed by atoms with Gasteiger partial charge >= 0.3 is 12.2 Å². The van der Waals surface area contributed by atoms with E-state index in [1.54, 1.807) is 36.1 Å². The van der Waals surface area contributed by atoms with Gasteiger partial charge in [-0.25, -0.2) is 9.78 Å². The molecule has 0 aliphatic carbocycles. The third-order valence-electron chi connectivity index (χ3n) is 6.78. The minimum absolute atomic E-state index is 0.156. The van der Waals surface area contributed by atoms with Gasteiger partial charge < -0.3 is 19.8 Å². The summed E-state index contributed by atoms with van der Waals surface area (Å²) >= 11 is 0. The van der Waals surface area contributed by atoms with E-state index >= 15 is 0 Å². The molecule has 0 radical (unpaired) electrons. The van der Waals surface area contributed by atoms with Crippen LogP contribution in [0.5, 0.6) is 5.88 Å². The molecule has 3 aromatic rings. The number of nitrogens with one attached hydrogen (secondary N) is 1. The van der Waals surface area contributed by atoms with Gasteiger partial charge in [0.2, 0.25) is 5.88 Å². The number of pyridine rings is 2. The first-order valence-electron chi connectivity index (χ1n) is 12.6. The van der Waals surface area contributed by atoms with Crippen LogP contribution in [0.2, 0.25) is 0 Å². The summed E-state index contributed by atoms with van der Waals surface area (Å²) in [5.74, 6) is 0.740. The molecule has 12 heteroatoms. The van der Waals surface area contributed by atoms with Crippen LogP contribution in [0.3, 0.4) is 0 Å². The van der Waals surface area contributed by atoms with Crippen LogP contribution in [0, 0.1) is 6.92 Å². The zero-order valence-corrected chi connectivity index (χ0v) is 21.1. The molecule has 1 aromatic carbocycles. The van der Waals surface area contributed by atoms with Crippen LogP contribution < -0.4 is 19.9 Å². The van der Waals surface area contributed by atoms with Crippen LogP contribution in [0.25, 0.3) is 11.3 Å². The molecular weight excluding hydrogens is 515 g/mol. The number of carbonyl (C=O) groups is 1. The number of halogens is 3. The summed E-state index contributed by atoms with van der Waals surface area (Å²) in [4.78, 5) is 26.4. The minimum atomic E-state index is -4.49. The van der Waals surface area contributed by atoms with Gasteiger partial charge in [-0.15, -0.1) is 0 Å². The van der Waals surface area contributed by atoms with E-state index in [2.05, 4.69) is 15.2 Å². The Morgan fingerprint density at radius 2 is 2.00 bits per heavy atom. The van der Waals surface area contributed by atoms with E-state index in [0.717, 1.165) is 37.2 Å². The molecule has 206 valence electrons. The number of amides is 2. The van der Waals surface area contributed by atoms with E-state index < -0.39 is 30.5 Å². The number of hydrogen-bond donors (Lipinski definition) is 3. The van der Waals surface area contributed by atoms with Crippen LogP contribution in [-0.2, 0) is 6.18 Å². The zero-order valence-electron chi connectivity index (χ0n) is 21.1. The summed E-state index contributed by atoms with van der Waals surface area (Å²) in [6.45, 7) is 2.58. The Morgan fingerprint density at radius 1 is 1.21 bits per heavy atom. The van der Waals surface area contributed by atoms with Gasteiger partial charge in [0.05, 0.1) is 29.6 Å². The van der Waals surface area contributed by atoms with E-state index in [9.17, 15) is 23.1 Å². The van der Waals surface area contributed by atoms with Crippen LogP contribution in [0.15, 0.2) is 48.5 Å². The lowest BCUT2D eigenvalue weighted by molar-refractivity contribution is -0.137. The predicted octanol–water partition coefficient (Wildman–Crippen LogP) is 4.22. The Kier molecular flexibility index (Phi) is 7.32. The largest absolute Gasteiger partial charge is 0.475 e. The molecule has 2 aliphatic rings. The second kappa shape index (κ2) is 10.7. The number of fused-ring (bicyclic) bond motifs is 4. The van der Waals surface area contributed by atoms with Crippen molar-refractivity contribution in [1.82, 2.24) is 9.97 Å². The number of aromatic nitrogens is 2. The van der Waals surface area contributed by atoms with Crippen LogP contribution in [0.4, 0.5) is 35.3 Å².